The summed E-state index contributed by atoms with van der Waals surface area (Å²) in [5.41, 5.74) is 6.92. The molecule has 0 atom stereocenters. The molecule has 20 heavy (non-hydrogen) atoms. The molecule has 0 radical (unpaired) electrons. The predicted octanol–water partition coefficient (Wildman–Crippen LogP) is 1.44. The van der Waals surface area contributed by atoms with Crippen LogP contribution in [-0.2, 0) is 0 Å². The molecule has 0 unspecified atom stereocenters. The van der Waals surface area contributed by atoms with Crippen LogP contribution >= 0.6 is 0 Å². The summed E-state index contributed by atoms with van der Waals surface area (Å²) in [6.45, 7) is 6.56. The van der Waals surface area contributed by atoms with Crippen molar-refractivity contribution in [2.75, 3.05) is 39.5 Å². The maximum Gasteiger partial charge on any atom is 0.256 e. The number of ether oxygens (including phenoxy) is 1. The minimum absolute atomic E-state index is 0.0254. The van der Waals surface area contributed by atoms with E-state index in [9.17, 15) is 4.79 Å². The molecule has 2 rings (SSSR count). The van der Waals surface area contributed by atoms with Crippen LogP contribution in [0, 0.1) is 0 Å². The highest BCUT2D eigenvalue weighted by atomic mass is 16.5. The molecule has 0 spiro atoms. The summed E-state index contributed by atoms with van der Waals surface area (Å²) in [6.07, 6.45) is 0. The first-order valence-corrected chi connectivity index (χ1v) is 6.79. The second kappa shape index (κ2) is 5.32. The Labute approximate surface area is 120 Å². The van der Waals surface area contributed by atoms with Gasteiger partial charge in [-0.15, -0.1) is 0 Å². The summed E-state index contributed by atoms with van der Waals surface area (Å²) in [6, 6.07) is 5.19. The molecule has 2 N–H and O–H groups in total. The van der Waals surface area contributed by atoms with E-state index in [0.717, 1.165) is 13.1 Å². The smallest absolute Gasteiger partial charge is 0.256 e. The minimum Gasteiger partial charge on any atom is -0.497 e. The van der Waals surface area contributed by atoms with Gasteiger partial charge < -0.3 is 15.4 Å². The van der Waals surface area contributed by atoms with E-state index < -0.39 is 0 Å². The van der Waals surface area contributed by atoms with Gasteiger partial charge in [-0.05, 0) is 39.1 Å². The lowest BCUT2D eigenvalue weighted by atomic mass is 9.99. The van der Waals surface area contributed by atoms with Gasteiger partial charge in [0.1, 0.15) is 5.75 Å². The molecule has 0 bridgehead atoms. The summed E-state index contributed by atoms with van der Waals surface area (Å²) in [4.78, 5) is 16.8. The fraction of sp³-hybridized carbons (Fsp3) is 0.533. The van der Waals surface area contributed by atoms with Gasteiger partial charge >= 0.3 is 0 Å². The first kappa shape index (κ1) is 14.7. The zero-order chi connectivity index (χ0) is 14.9. The number of likely N-dealkylation sites (N-methyl/N-ethyl adjacent to an activating group) is 1. The Bertz CT molecular complexity index is 514. The summed E-state index contributed by atoms with van der Waals surface area (Å²) in [7, 11) is 3.67. The molecule has 1 aromatic carbocycles. The van der Waals surface area contributed by atoms with E-state index in [0.29, 0.717) is 23.5 Å². The van der Waals surface area contributed by atoms with Crippen molar-refractivity contribution < 1.29 is 9.53 Å². The Morgan fingerprint density at radius 3 is 2.65 bits per heavy atom. The Balaban J connectivity index is 2.24. The molecule has 0 aromatic heterocycles. The maximum atomic E-state index is 12.7. The molecule has 1 aliphatic heterocycles. The summed E-state index contributed by atoms with van der Waals surface area (Å²) in [5, 5.41) is 0. The van der Waals surface area contributed by atoms with Crippen molar-refractivity contribution in [2.45, 2.75) is 19.4 Å². The average molecular weight is 277 g/mol. The highest BCUT2D eigenvalue weighted by Gasteiger charge is 2.34. The molecule has 1 fully saturated rings. The number of anilines is 1. The largest absolute Gasteiger partial charge is 0.497 e. The predicted molar refractivity (Wildman–Crippen MR) is 80.0 cm³/mol. The topological polar surface area (TPSA) is 58.8 Å². The number of amides is 1. The van der Waals surface area contributed by atoms with Crippen LogP contribution in [0.4, 0.5) is 5.69 Å². The van der Waals surface area contributed by atoms with Crippen LogP contribution in [0.3, 0.4) is 0 Å². The van der Waals surface area contributed by atoms with Crippen LogP contribution in [0.25, 0.3) is 0 Å². The lowest BCUT2D eigenvalue weighted by Gasteiger charge is -2.45. The number of nitrogens with zero attached hydrogens (tertiary/aromatic N) is 2. The van der Waals surface area contributed by atoms with Crippen LogP contribution in [0.5, 0.6) is 5.75 Å². The highest BCUT2D eigenvalue weighted by molar-refractivity contribution is 5.99. The average Bonchev–Trinajstić information content (AvgIpc) is 2.41. The number of carbonyl (C=O) groups excluding carboxylic acids is 1. The standard InChI is InChI=1S/C15H23N3O2/c1-15(2)10-18(8-7-17(15)3)14(19)12-9-11(20-4)5-6-13(12)16/h5-6,9H,7-8,10,16H2,1-4H3. The summed E-state index contributed by atoms with van der Waals surface area (Å²) in [5.74, 6) is 0.624. The SMILES string of the molecule is COc1ccc(N)c(C(=O)N2CCN(C)C(C)(C)C2)c1. The van der Waals surface area contributed by atoms with Gasteiger partial charge in [0, 0.05) is 30.9 Å². The molecule has 1 heterocycles. The molecular formula is C15H23N3O2. The van der Waals surface area contributed by atoms with Gasteiger partial charge in [-0.3, -0.25) is 9.69 Å². The molecule has 1 aliphatic rings. The fourth-order valence-electron chi connectivity index (χ4n) is 2.43. The van der Waals surface area contributed by atoms with E-state index in [1.807, 2.05) is 4.90 Å². The highest BCUT2D eigenvalue weighted by Crippen LogP contribution is 2.24. The molecular weight excluding hydrogens is 254 g/mol. The van der Waals surface area contributed by atoms with Crippen LogP contribution in [-0.4, -0.2) is 55.0 Å². The second-order valence-electron chi connectivity index (χ2n) is 5.91. The first-order chi connectivity index (χ1) is 9.35. The molecule has 5 heteroatoms. The molecule has 110 valence electrons. The monoisotopic (exact) mass is 277 g/mol. The third kappa shape index (κ3) is 2.72. The van der Waals surface area contributed by atoms with Gasteiger partial charge in [0.15, 0.2) is 0 Å². The lowest BCUT2D eigenvalue weighted by Crippen LogP contribution is -2.58. The number of hydrogen-bond acceptors (Lipinski definition) is 4. The van der Waals surface area contributed by atoms with Gasteiger partial charge in [-0.2, -0.15) is 0 Å². The number of benzene rings is 1. The van der Waals surface area contributed by atoms with E-state index in [1.54, 1.807) is 25.3 Å². The van der Waals surface area contributed by atoms with Crippen molar-refractivity contribution in [3.05, 3.63) is 23.8 Å². The third-order valence-electron chi connectivity index (χ3n) is 4.09. The van der Waals surface area contributed by atoms with Crippen molar-refractivity contribution in [1.29, 1.82) is 0 Å². The van der Waals surface area contributed by atoms with E-state index in [4.69, 9.17) is 10.5 Å². The van der Waals surface area contributed by atoms with Crippen LogP contribution < -0.4 is 10.5 Å². The van der Waals surface area contributed by atoms with E-state index in [1.165, 1.54) is 0 Å². The Morgan fingerprint density at radius 2 is 2.05 bits per heavy atom. The number of hydrogen-bond donors (Lipinski definition) is 1. The molecule has 1 saturated heterocycles. The Morgan fingerprint density at radius 1 is 1.35 bits per heavy atom. The van der Waals surface area contributed by atoms with E-state index in [-0.39, 0.29) is 11.4 Å². The lowest BCUT2D eigenvalue weighted by molar-refractivity contribution is 0.0312. The number of rotatable bonds is 2. The number of methoxy groups -OCH3 is 1. The molecule has 1 amide bonds. The Hall–Kier alpha value is -1.75. The molecule has 0 aliphatic carbocycles. The van der Waals surface area contributed by atoms with Crippen LogP contribution in [0.1, 0.15) is 24.2 Å². The van der Waals surface area contributed by atoms with Gasteiger partial charge in [0.05, 0.1) is 12.7 Å². The van der Waals surface area contributed by atoms with E-state index >= 15 is 0 Å². The maximum absolute atomic E-state index is 12.7. The van der Waals surface area contributed by atoms with Crippen molar-refractivity contribution in [3.8, 4) is 5.75 Å². The van der Waals surface area contributed by atoms with Gasteiger partial charge in [0.2, 0.25) is 0 Å². The quantitative estimate of drug-likeness (QED) is 0.831. The number of nitrogen functional groups attached to an aromatic ring is 1. The summed E-state index contributed by atoms with van der Waals surface area (Å²) < 4.78 is 5.17. The minimum atomic E-state index is -0.0263. The Kier molecular flexibility index (Phi) is 3.90. The van der Waals surface area contributed by atoms with Crippen LogP contribution in [0.15, 0.2) is 18.2 Å². The van der Waals surface area contributed by atoms with Crippen molar-refractivity contribution in [2.24, 2.45) is 0 Å². The van der Waals surface area contributed by atoms with Crippen molar-refractivity contribution in [1.82, 2.24) is 9.80 Å². The van der Waals surface area contributed by atoms with Crippen LogP contribution in [0.2, 0.25) is 0 Å². The molecule has 5 nitrogen and oxygen atoms in total. The molecule has 1 aromatic rings. The third-order valence-corrected chi connectivity index (χ3v) is 4.09. The fourth-order valence-corrected chi connectivity index (χ4v) is 2.43. The van der Waals surface area contributed by atoms with Gasteiger partial charge in [0.25, 0.3) is 5.91 Å². The normalized spacial score (nSPS) is 18.9. The van der Waals surface area contributed by atoms with Gasteiger partial charge in [-0.1, -0.05) is 0 Å². The van der Waals surface area contributed by atoms with Crippen molar-refractivity contribution in [3.63, 3.8) is 0 Å². The van der Waals surface area contributed by atoms with Crippen molar-refractivity contribution >= 4 is 11.6 Å². The number of piperazine rings is 1. The zero-order valence-corrected chi connectivity index (χ0v) is 12.6. The second-order valence-corrected chi connectivity index (χ2v) is 5.91. The van der Waals surface area contributed by atoms with Gasteiger partial charge in [-0.25, -0.2) is 0 Å². The van der Waals surface area contributed by atoms with E-state index in [2.05, 4.69) is 25.8 Å². The molecule has 0 saturated carbocycles. The number of carbonyl (C=O) groups is 1. The summed E-state index contributed by atoms with van der Waals surface area (Å²) >= 11 is 0. The zero-order valence-electron chi connectivity index (χ0n) is 12.6. The number of nitrogens with two attached hydrogens (primary N) is 1. The first-order valence-electron chi connectivity index (χ1n) is 6.79.